The van der Waals surface area contributed by atoms with Gasteiger partial charge in [-0.05, 0) is 39.8 Å². The average molecular weight is 650 g/mol. The van der Waals surface area contributed by atoms with Gasteiger partial charge in [-0.2, -0.15) is 17.9 Å². The minimum atomic E-state index is -4.75. The molecule has 2 saturated heterocycles. The lowest BCUT2D eigenvalue weighted by Gasteiger charge is -2.53. The molecule has 0 spiro atoms. The number of tetrazole rings is 1. The van der Waals surface area contributed by atoms with Gasteiger partial charge in [0.2, 0.25) is 5.91 Å². The van der Waals surface area contributed by atoms with Gasteiger partial charge in [0.1, 0.15) is 12.2 Å². The fraction of sp³-hybridized carbons (Fsp3) is 0.364. The smallest absolute Gasteiger partial charge is 0.453 e. The zero-order valence-corrected chi connectivity index (χ0v) is 25.6. The van der Waals surface area contributed by atoms with Gasteiger partial charge in [0.05, 0.1) is 12.8 Å². The van der Waals surface area contributed by atoms with Crippen molar-refractivity contribution in [3.8, 4) is 11.4 Å². The molecule has 0 aliphatic carbocycles. The molecule has 14 heteroatoms. The van der Waals surface area contributed by atoms with E-state index in [2.05, 4.69) is 49.6 Å². The van der Waals surface area contributed by atoms with E-state index in [1.54, 1.807) is 17.0 Å². The molecule has 0 radical (unpaired) electrons. The minimum absolute atomic E-state index is 0.0345. The summed E-state index contributed by atoms with van der Waals surface area (Å²) in [5.74, 6) is -2.36. The number of carbonyl (C=O) groups is 2. The molecular weight excluding hydrogens is 615 g/mol. The van der Waals surface area contributed by atoms with E-state index in [1.807, 2.05) is 36.4 Å². The summed E-state index contributed by atoms with van der Waals surface area (Å²) in [4.78, 5) is 30.5. The van der Waals surface area contributed by atoms with Crippen LogP contribution in [0.5, 0.6) is 5.75 Å². The van der Waals surface area contributed by atoms with Crippen LogP contribution in [-0.4, -0.2) is 104 Å². The van der Waals surface area contributed by atoms with Crippen LogP contribution in [0, 0.1) is 0 Å². The van der Waals surface area contributed by atoms with Crippen LogP contribution in [0.25, 0.3) is 5.69 Å². The van der Waals surface area contributed by atoms with Crippen molar-refractivity contribution in [2.24, 2.45) is 0 Å². The molecule has 246 valence electrons. The number of fused-ring (bicyclic) bond motifs is 1. The van der Waals surface area contributed by atoms with E-state index in [9.17, 15) is 27.9 Å². The number of methoxy groups -OCH3 is 1. The fourth-order valence-corrected chi connectivity index (χ4v) is 6.86. The van der Waals surface area contributed by atoms with Gasteiger partial charge in [0, 0.05) is 62.8 Å². The molecule has 0 unspecified atom stereocenters. The number of hydrogen-bond donors (Lipinski definition) is 1. The number of halogens is 3. The molecule has 2 fully saturated rings. The van der Waals surface area contributed by atoms with Gasteiger partial charge in [-0.1, -0.05) is 60.7 Å². The molecule has 11 nitrogen and oxygen atoms in total. The Morgan fingerprint density at radius 3 is 2.26 bits per heavy atom. The number of rotatable bonds is 9. The first-order chi connectivity index (χ1) is 22.6. The van der Waals surface area contributed by atoms with Crippen LogP contribution < -0.4 is 4.74 Å². The third-order valence-corrected chi connectivity index (χ3v) is 8.85. The van der Waals surface area contributed by atoms with E-state index in [0.717, 1.165) is 11.1 Å². The Kier molecular flexibility index (Phi) is 9.23. The van der Waals surface area contributed by atoms with Gasteiger partial charge >= 0.3 is 12.1 Å². The molecule has 4 aromatic rings. The quantitative estimate of drug-likeness (QED) is 0.271. The summed E-state index contributed by atoms with van der Waals surface area (Å²) in [5, 5.41) is 19.3. The average Bonchev–Trinajstić information content (AvgIpc) is 3.57. The van der Waals surface area contributed by atoms with Crippen LogP contribution in [-0.2, 0) is 22.3 Å². The predicted molar refractivity (Wildman–Crippen MR) is 164 cm³/mol. The number of benzene rings is 3. The van der Waals surface area contributed by atoms with E-state index in [4.69, 9.17) is 4.74 Å². The summed E-state index contributed by atoms with van der Waals surface area (Å²) >= 11 is 0. The summed E-state index contributed by atoms with van der Waals surface area (Å²) in [6.45, 7) is 2.82. The molecule has 3 aromatic carbocycles. The number of nitrogens with zero attached hydrogens (tertiary/aromatic N) is 7. The highest BCUT2D eigenvalue weighted by molar-refractivity contribution is 5.93. The predicted octanol–water partition coefficient (Wildman–Crippen LogP) is 3.69. The molecule has 2 aliphatic rings. The highest BCUT2D eigenvalue weighted by Crippen LogP contribution is 2.37. The lowest BCUT2D eigenvalue weighted by atomic mass is 9.81. The van der Waals surface area contributed by atoms with Crippen LogP contribution in [0.2, 0.25) is 0 Å². The largest absolute Gasteiger partial charge is 0.496 e. The molecule has 6 rings (SSSR count). The van der Waals surface area contributed by atoms with Gasteiger partial charge in [0.25, 0.3) is 5.82 Å². The Morgan fingerprint density at radius 2 is 1.64 bits per heavy atom. The molecule has 3 heterocycles. The SMILES string of the molecule is COc1ccc(-n2nnnc2C(F)(F)F)cc1CN1C[C@@H]2CN(C(=O)CC(=O)O)CCN2[C@H](C(c2ccccc2)c2ccccc2)C1. The number of carboxylic acid groups (broad SMARTS) is 1. The molecule has 2 atom stereocenters. The molecule has 1 N–H and O–H groups in total. The Bertz CT molecular complexity index is 1660. The molecule has 1 aromatic heterocycles. The van der Waals surface area contributed by atoms with Crippen LogP contribution in [0.3, 0.4) is 0 Å². The zero-order valence-electron chi connectivity index (χ0n) is 25.6. The maximum atomic E-state index is 13.6. The Hall–Kier alpha value is -4.82. The summed E-state index contributed by atoms with van der Waals surface area (Å²) in [7, 11) is 1.51. The lowest BCUT2D eigenvalue weighted by molar-refractivity contribution is -0.147. The van der Waals surface area contributed by atoms with Crippen molar-refractivity contribution < 1.29 is 32.6 Å². The number of alkyl halides is 3. The molecule has 2 aliphatic heterocycles. The number of aromatic nitrogens is 4. The molecule has 0 saturated carbocycles. The Labute approximate surface area is 269 Å². The van der Waals surface area contributed by atoms with E-state index in [0.29, 0.717) is 55.3 Å². The highest BCUT2D eigenvalue weighted by Gasteiger charge is 2.43. The Morgan fingerprint density at radius 1 is 0.957 bits per heavy atom. The van der Waals surface area contributed by atoms with E-state index in [-0.39, 0.29) is 23.7 Å². The van der Waals surface area contributed by atoms with Crippen molar-refractivity contribution in [1.82, 2.24) is 34.9 Å². The first-order valence-electron chi connectivity index (χ1n) is 15.2. The third-order valence-electron chi connectivity index (χ3n) is 8.85. The number of carbonyl (C=O) groups excluding carboxylic acids is 1. The number of carboxylic acids is 1. The van der Waals surface area contributed by atoms with Gasteiger partial charge in [0.15, 0.2) is 0 Å². The van der Waals surface area contributed by atoms with Crippen molar-refractivity contribution in [3.05, 3.63) is 101 Å². The van der Waals surface area contributed by atoms with Crippen molar-refractivity contribution in [2.75, 3.05) is 39.8 Å². The number of amides is 1. The van der Waals surface area contributed by atoms with E-state index >= 15 is 0 Å². The van der Waals surface area contributed by atoms with Crippen molar-refractivity contribution in [1.29, 1.82) is 0 Å². The van der Waals surface area contributed by atoms with Crippen molar-refractivity contribution in [2.45, 2.75) is 37.1 Å². The van der Waals surface area contributed by atoms with Crippen molar-refractivity contribution in [3.63, 3.8) is 0 Å². The molecule has 47 heavy (non-hydrogen) atoms. The topological polar surface area (TPSA) is 117 Å². The van der Waals surface area contributed by atoms with Gasteiger partial charge in [-0.3, -0.25) is 19.4 Å². The van der Waals surface area contributed by atoms with Gasteiger partial charge in [-0.15, -0.1) is 5.10 Å². The fourth-order valence-electron chi connectivity index (χ4n) is 6.86. The van der Waals surface area contributed by atoms with E-state index < -0.39 is 30.3 Å². The first kappa shape index (κ1) is 32.1. The van der Waals surface area contributed by atoms with Gasteiger partial charge in [-0.25, -0.2) is 0 Å². The second-order valence-electron chi connectivity index (χ2n) is 11.8. The summed E-state index contributed by atoms with van der Waals surface area (Å²) in [6.07, 6.45) is -5.32. The molecule has 0 bridgehead atoms. The highest BCUT2D eigenvalue weighted by atomic mass is 19.4. The number of ether oxygens (including phenoxy) is 1. The monoisotopic (exact) mass is 649 g/mol. The van der Waals surface area contributed by atoms with Crippen LogP contribution in [0.4, 0.5) is 13.2 Å². The van der Waals surface area contributed by atoms with Crippen LogP contribution in [0.15, 0.2) is 78.9 Å². The second-order valence-corrected chi connectivity index (χ2v) is 11.8. The minimum Gasteiger partial charge on any atom is -0.496 e. The number of hydrogen-bond acceptors (Lipinski definition) is 8. The van der Waals surface area contributed by atoms with Crippen LogP contribution >= 0.6 is 0 Å². The normalized spacial score (nSPS) is 19.0. The maximum absolute atomic E-state index is 13.6. The number of piperazine rings is 2. The number of aliphatic carboxylic acids is 1. The molecular formula is C33H34F3N7O4. The third kappa shape index (κ3) is 6.98. The molecule has 1 amide bonds. The first-order valence-corrected chi connectivity index (χ1v) is 15.2. The van der Waals surface area contributed by atoms with Crippen LogP contribution in [0.1, 0.15) is 34.9 Å². The van der Waals surface area contributed by atoms with Crippen molar-refractivity contribution >= 4 is 11.9 Å². The summed E-state index contributed by atoms with van der Waals surface area (Å²) in [5.41, 5.74) is 3.05. The summed E-state index contributed by atoms with van der Waals surface area (Å²) < 4.78 is 47.2. The summed E-state index contributed by atoms with van der Waals surface area (Å²) in [6, 6.07) is 24.9. The lowest BCUT2D eigenvalue weighted by Crippen LogP contribution is -2.67. The van der Waals surface area contributed by atoms with Gasteiger partial charge < -0.3 is 14.7 Å². The zero-order chi connectivity index (χ0) is 33.1. The second kappa shape index (κ2) is 13.5. The van der Waals surface area contributed by atoms with E-state index in [1.165, 1.54) is 13.2 Å². The Balaban J connectivity index is 1.37. The maximum Gasteiger partial charge on any atom is 0.453 e. The standard InChI is InChI=1S/C33H34F3N7O4/c1-47-28-13-12-25(43-32(33(34,35)36)37-38-39-43)16-24(28)18-40-19-26-20-41(29(44)17-30(45)46)14-15-42(26)27(21-40)31(22-8-4-2-5-9-22)23-10-6-3-7-11-23/h2-13,16,26-27,31H,14-15,17-21H2,1H3,(H,45,46)/t26-,27+/m1/s1.